The van der Waals surface area contributed by atoms with Crippen LogP contribution in [-0.4, -0.2) is 17.1 Å². The molecule has 2 rings (SSSR count). The number of aryl methyl sites for hydroxylation is 1. The third-order valence-electron chi connectivity index (χ3n) is 2.66. The fraction of sp³-hybridized carbons (Fsp3) is 0.286. The lowest BCUT2D eigenvalue weighted by atomic mass is 10.1. The van der Waals surface area contributed by atoms with Crippen LogP contribution in [0.4, 0.5) is 0 Å². The van der Waals surface area contributed by atoms with E-state index in [2.05, 4.69) is 16.9 Å². The van der Waals surface area contributed by atoms with Crippen molar-refractivity contribution >= 4 is 23.2 Å². The van der Waals surface area contributed by atoms with Crippen molar-refractivity contribution in [2.45, 2.75) is 19.8 Å². The molecule has 0 N–H and O–H groups in total. The summed E-state index contributed by atoms with van der Waals surface area (Å²) in [4.78, 5) is 8.77. The Morgan fingerprint density at radius 1 is 1.16 bits per heavy atom. The summed E-state index contributed by atoms with van der Waals surface area (Å²) in [6.45, 7) is 2.10. The molecular formula is C14H14Cl2N2O. The summed E-state index contributed by atoms with van der Waals surface area (Å²) in [5.41, 5.74) is 1.71. The number of ether oxygens (including phenoxy) is 1. The molecule has 0 radical (unpaired) electrons. The van der Waals surface area contributed by atoms with Crippen molar-refractivity contribution in [3.8, 4) is 17.1 Å². The lowest BCUT2D eigenvalue weighted by Gasteiger charge is -2.09. The van der Waals surface area contributed by atoms with Gasteiger partial charge < -0.3 is 4.74 Å². The monoisotopic (exact) mass is 296 g/mol. The first kappa shape index (κ1) is 14.1. The minimum absolute atomic E-state index is 0.436. The van der Waals surface area contributed by atoms with E-state index in [1.54, 1.807) is 25.3 Å². The maximum atomic E-state index is 6.04. The van der Waals surface area contributed by atoms with E-state index in [-0.39, 0.29) is 0 Å². The quantitative estimate of drug-likeness (QED) is 0.784. The Balaban J connectivity index is 2.51. The zero-order valence-electron chi connectivity index (χ0n) is 10.8. The smallest absolute Gasteiger partial charge is 0.164 e. The standard InChI is InChI=1S/C14H14Cl2N2O/c1-3-4-10-8-13(16)18-14(17-10)11-6-5-9(15)7-12(11)19-2/h5-8H,3-4H2,1-2H3. The van der Waals surface area contributed by atoms with Gasteiger partial charge in [-0.05, 0) is 30.7 Å². The van der Waals surface area contributed by atoms with Crippen molar-refractivity contribution in [3.63, 3.8) is 0 Å². The van der Waals surface area contributed by atoms with Gasteiger partial charge in [0.15, 0.2) is 5.82 Å². The Morgan fingerprint density at radius 2 is 1.95 bits per heavy atom. The molecule has 0 bridgehead atoms. The van der Waals surface area contributed by atoms with Crippen LogP contribution in [0.5, 0.6) is 5.75 Å². The fourth-order valence-electron chi connectivity index (χ4n) is 1.82. The summed E-state index contributed by atoms with van der Waals surface area (Å²) >= 11 is 12.0. The molecular weight excluding hydrogens is 283 g/mol. The Morgan fingerprint density at radius 3 is 2.63 bits per heavy atom. The molecule has 19 heavy (non-hydrogen) atoms. The van der Waals surface area contributed by atoms with Gasteiger partial charge in [0.05, 0.1) is 12.7 Å². The Hall–Kier alpha value is -1.32. The van der Waals surface area contributed by atoms with Gasteiger partial charge in [0.1, 0.15) is 10.9 Å². The van der Waals surface area contributed by atoms with Gasteiger partial charge in [0.25, 0.3) is 0 Å². The maximum absolute atomic E-state index is 6.04. The number of aromatic nitrogens is 2. The van der Waals surface area contributed by atoms with Gasteiger partial charge >= 0.3 is 0 Å². The molecule has 0 amide bonds. The maximum Gasteiger partial charge on any atom is 0.164 e. The van der Waals surface area contributed by atoms with Crippen LogP contribution in [0.1, 0.15) is 19.0 Å². The zero-order valence-corrected chi connectivity index (χ0v) is 12.3. The molecule has 0 fully saturated rings. The number of rotatable bonds is 4. The molecule has 0 aliphatic heterocycles. The third kappa shape index (κ3) is 3.37. The molecule has 2 aromatic rings. The lowest BCUT2D eigenvalue weighted by molar-refractivity contribution is 0.416. The number of halogens is 2. The summed E-state index contributed by atoms with van der Waals surface area (Å²) in [7, 11) is 1.59. The molecule has 3 nitrogen and oxygen atoms in total. The number of nitrogens with zero attached hydrogens (tertiary/aromatic N) is 2. The summed E-state index contributed by atoms with van der Waals surface area (Å²) in [6.07, 6.45) is 1.87. The van der Waals surface area contributed by atoms with Gasteiger partial charge in [0, 0.05) is 10.7 Å². The van der Waals surface area contributed by atoms with E-state index in [1.165, 1.54) is 0 Å². The molecule has 1 aromatic heterocycles. The molecule has 0 saturated heterocycles. The molecule has 1 heterocycles. The van der Waals surface area contributed by atoms with Gasteiger partial charge in [-0.2, -0.15) is 0 Å². The Labute approximate surface area is 122 Å². The minimum Gasteiger partial charge on any atom is -0.496 e. The SMILES string of the molecule is CCCc1cc(Cl)nc(-c2ccc(Cl)cc2OC)n1. The highest BCUT2D eigenvalue weighted by Crippen LogP contribution is 2.31. The first-order valence-corrected chi connectivity index (χ1v) is 6.77. The van der Waals surface area contributed by atoms with E-state index < -0.39 is 0 Å². The molecule has 1 aromatic carbocycles. The summed E-state index contributed by atoms with van der Waals surface area (Å²) in [5.74, 6) is 1.20. The minimum atomic E-state index is 0.436. The lowest BCUT2D eigenvalue weighted by Crippen LogP contribution is -1.98. The fourth-order valence-corrected chi connectivity index (χ4v) is 2.19. The van der Waals surface area contributed by atoms with Crippen LogP contribution >= 0.6 is 23.2 Å². The van der Waals surface area contributed by atoms with Crippen LogP contribution < -0.4 is 4.74 Å². The zero-order chi connectivity index (χ0) is 13.8. The summed E-state index contributed by atoms with van der Waals surface area (Å²) in [5, 5.41) is 1.04. The Kier molecular flexibility index (Phi) is 4.61. The molecule has 5 heteroatoms. The van der Waals surface area contributed by atoms with E-state index in [1.807, 2.05) is 6.07 Å². The predicted molar refractivity (Wildman–Crippen MR) is 78.0 cm³/mol. The summed E-state index contributed by atoms with van der Waals surface area (Å²) in [6, 6.07) is 7.14. The second kappa shape index (κ2) is 6.22. The highest BCUT2D eigenvalue weighted by atomic mass is 35.5. The molecule has 100 valence electrons. The van der Waals surface area contributed by atoms with Crippen LogP contribution in [-0.2, 0) is 6.42 Å². The van der Waals surface area contributed by atoms with Gasteiger partial charge in [-0.15, -0.1) is 0 Å². The van der Waals surface area contributed by atoms with Gasteiger partial charge in [-0.3, -0.25) is 0 Å². The molecule has 0 unspecified atom stereocenters. The van der Waals surface area contributed by atoms with Crippen molar-refractivity contribution in [3.05, 3.63) is 40.1 Å². The number of methoxy groups -OCH3 is 1. The second-order valence-electron chi connectivity index (χ2n) is 4.10. The van der Waals surface area contributed by atoms with Crippen molar-refractivity contribution in [2.75, 3.05) is 7.11 Å². The average Bonchev–Trinajstić information content (AvgIpc) is 2.38. The predicted octanol–water partition coefficient (Wildman–Crippen LogP) is 4.41. The Bertz CT molecular complexity index is 588. The van der Waals surface area contributed by atoms with Crippen LogP contribution in [0.25, 0.3) is 11.4 Å². The number of benzene rings is 1. The third-order valence-corrected chi connectivity index (χ3v) is 3.09. The first-order valence-electron chi connectivity index (χ1n) is 6.01. The van der Waals surface area contributed by atoms with Crippen LogP contribution in [0.3, 0.4) is 0 Å². The highest BCUT2D eigenvalue weighted by Gasteiger charge is 2.11. The molecule has 0 spiro atoms. The van der Waals surface area contributed by atoms with E-state index in [0.717, 1.165) is 24.1 Å². The largest absolute Gasteiger partial charge is 0.496 e. The molecule has 0 saturated carbocycles. The van der Waals surface area contributed by atoms with Crippen molar-refractivity contribution in [1.82, 2.24) is 9.97 Å². The van der Waals surface area contributed by atoms with Gasteiger partial charge in [0.2, 0.25) is 0 Å². The van der Waals surface area contributed by atoms with E-state index in [0.29, 0.717) is 21.7 Å². The number of hydrogen-bond donors (Lipinski definition) is 0. The van der Waals surface area contributed by atoms with Crippen molar-refractivity contribution in [1.29, 1.82) is 0 Å². The molecule has 0 aliphatic carbocycles. The van der Waals surface area contributed by atoms with E-state index >= 15 is 0 Å². The van der Waals surface area contributed by atoms with Gasteiger partial charge in [-0.25, -0.2) is 9.97 Å². The molecule has 0 aliphatic rings. The van der Waals surface area contributed by atoms with Crippen LogP contribution in [0.15, 0.2) is 24.3 Å². The average molecular weight is 297 g/mol. The van der Waals surface area contributed by atoms with Gasteiger partial charge in [-0.1, -0.05) is 36.5 Å². The highest BCUT2D eigenvalue weighted by molar-refractivity contribution is 6.31. The van der Waals surface area contributed by atoms with Crippen LogP contribution in [0, 0.1) is 0 Å². The van der Waals surface area contributed by atoms with E-state index in [4.69, 9.17) is 27.9 Å². The second-order valence-corrected chi connectivity index (χ2v) is 4.92. The topological polar surface area (TPSA) is 35.0 Å². The van der Waals surface area contributed by atoms with Crippen LogP contribution in [0.2, 0.25) is 10.2 Å². The van der Waals surface area contributed by atoms with Crippen molar-refractivity contribution in [2.24, 2.45) is 0 Å². The van der Waals surface area contributed by atoms with Crippen molar-refractivity contribution < 1.29 is 4.74 Å². The van der Waals surface area contributed by atoms with E-state index in [9.17, 15) is 0 Å². The summed E-state index contributed by atoms with van der Waals surface area (Å²) < 4.78 is 5.31. The molecule has 0 atom stereocenters. The number of hydrogen-bond acceptors (Lipinski definition) is 3. The normalized spacial score (nSPS) is 10.5. The first-order chi connectivity index (χ1) is 9.13.